The monoisotopic (exact) mass is 244 g/mol. The molecule has 2 aromatic rings. The van der Waals surface area contributed by atoms with Crippen LogP contribution in [0.2, 0.25) is 0 Å². The van der Waals surface area contributed by atoms with Crippen LogP contribution >= 0.6 is 0 Å². The van der Waals surface area contributed by atoms with E-state index in [0.29, 0.717) is 11.6 Å². The zero-order chi connectivity index (χ0) is 12.8. The maximum Gasteiger partial charge on any atom is 0.262 e. The van der Waals surface area contributed by atoms with Gasteiger partial charge in [0.2, 0.25) is 0 Å². The van der Waals surface area contributed by atoms with Gasteiger partial charge >= 0.3 is 0 Å². The Labute approximate surface area is 107 Å². The molecule has 0 bridgehead atoms. The molecule has 0 spiro atoms. The third-order valence-corrected chi connectivity index (χ3v) is 2.45. The smallest absolute Gasteiger partial charge is 0.262 e. The third kappa shape index (κ3) is 2.99. The molecule has 94 valence electrons. The van der Waals surface area contributed by atoms with Gasteiger partial charge in [0, 0.05) is 12.7 Å². The largest absolute Gasteiger partial charge is 0.491 e. The maximum atomic E-state index is 5.72. The number of ether oxygens (including phenoxy) is 2. The van der Waals surface area contributed by atoms with Crippen molar-refractivity contribution < 1.29 is 9.47 Å². The summed E-state index contributed by atoms with van der Waals surface area (Å²) in [5.41, 5.74) is 1.16. The number of benzene rings is 1. The Hall–Kier alpha value is -2.07. The van der Waals surface area contributed by atoms with Gasteiger partial charge in [-0.25, -0.2) is 4.98 Å². The molecule has 4 heteroatoms. The quantitative estimate of drug-likeness (QED) is 0.878. The minimum Gasteiger partial charge on any atom is -0.491 e. The van der Waals surface area contributed by atoms with Crippen LogP contribution in [-0.2, 0) is 6.54 Å². The summed E-state index contributed by atoms with van der Waals surface area (Å²) in [7, 11) is 3.51. The third-order valence-electron chi connectivity index (χ3n) is 2.45. The molecule has 18 heavy (non-hydrogen) atoms. The Morgan fingerprint density at radius 1 is 1.22 bits per heavy atom. The molecule has 1 N–H and O–H groups in total. The van der Waals surface area contributed by atoms with Gasteiger partial charge in [-0.3, -0.25) is 0 Å². The molecule has 0 saturated carbocycles. The predicted molar refractivity (Wildman–Crippen MR) is 70.1 cm³/mol. The first-order chi connectivity index (χ1) is 8.83. The van der Waals surface area contributed by atoms with Crippen LogP contribution in [0.15, 0.2) is 42.6 Å². The van der Waals surface area contributed by atoms with Crippen molar-refractivity contribution in [3.8, 4) is 17.4 Å². The van der Waals surface area contributed by atoms with Crippen molar-refractivity contribution in [1.29, 1.82) is 0 Å². The van der Waals surface area contributed by atoms with Crippen molar-refractivity contribution in [1.82, 2.24) is 10.3 Å². The highest BCUT2D eigenvalue weighted by atomic mass is 16.5. The molecule has 1 heterocycles. The van der Waals surface area contributed by atoms with E-state index in [0.717, 1.165) is 17.9 Å². The fraction of sp³-hybridized carbons (Fsp3) is 0.214. The summed E-state index contributed by atoms with van der Waals surface area (Å²) in [4.78, 5) is 4.16. The zero-order valence-corrected chi connectivity index (χ0v) is 10.5. The molecule has 0 aliphatic carbocycles. The SMILES string of the molecule is CNCc1cccc(Oc2ncccc2OC)c1. The number of hydrogen-bond donors (Lipinski definition) is 1. The molecule has 2 rings (SSSR count). The lowest BCUT2D eigenvalue weighted by molar-refractivity contribution is 0.369. The van der Waals surface area contributed by atoms with Crippen molar-refractivity contribution in [2.75, 3.05) is 14.2 Å². The first-order valence-corrected chi connectivity index (χ1v) is 5.74. The van der Waals surface area contributed by atoms with E-state index in [1.54, 1.807) is 13.3 Å². The topological polar surface area (TPSA) is 43.4 Å². The van der Waals surface area contributed by atoms with E-state index >= 15 is 0 Å². The molecule has 4 nitrogen and oxygen atoms in total. The van der Waals surface area contributed by atoms with Crippen LogP contribution in [0.5, 0.6) is 17.4 Å². The standard InChI is InChI=1S/C14H16N2O2/c1-15-10-11-5-3-6-12(9-11)18-14-13(17-2)7-4-8-16-14/h3-9,15H,10H2,1-2H3. The van der Waals surface area contributed by atoms with Crippen molar-refractivity contribution >= 4 is 0 Å². The van der Waals surface area contributed by atoms with Gasteiger partial charge in [-0.2, -0.15) is 0 Å². The highest BCUT2D eigenvalue weighted by Crippen LogP contribution is 2.28. The number of methoxy groups -OCH3 is 1. The molecular formula is C14H16N2O2. The van der Waals surface area contributed by atoms with Crippen molar-refractivity contribution in [2.45, 2.75) is 6.54 Å². The lowest BCUT2D eigenvalue weighted by atomic mass is 10.2. The molecule has 0 saturated heterocycles. The average molecular weight is 244 g/mol. The van der Waals surface area contributed by atoms with Crippen LogP contribution in [0.4, 0.5) is 0 Å². The summed E-state index contributed by atoms with van der Waals surface area (Å²) >= 11 is 0. The number of pyridine rings is 1. The van der Waals surface area contributed by atoms with Crippen molar-refractivity contribution in [2.24, 2.45) is 0 Å². The van der Waals surface area contributed by atoms with Gasteiger partial charge in [0.05, 0.1) is 7.11 Å². The Morgan fingerprint density at radius 2 is 2.11 bits per heavy atom. The van der Waals surface area contributed by atoms with Gasteiger partial charge in [0.1, 0.15) is 5.75 Å². The van der Waals surface area contributed by atoms with Crippen LogP contribution in [0.1, 0.15) is 5.56 Å². The summed E-state index contributed by atoms with van der Waals surface area (Å²) < 4.78 is 10.9. The minimum atomic E-state index is 0.474. The molecule has 1 aromatic carbocycles. The number of aromatic nitrogens is 1. The first-order valence-electron chi connectivity index (χ1n) is 5.74. The second-order valence-electron chi connectivity index (χ2n) is 3.79. The lowest BCUT2D eigenvalue weighted by Gasteiger charge is -2.09. The Bertz CT molecular complexity index is 515. The van der Waals surface area contributed by atoms with E-state index in [-0.39, 0.29) is 0 Å². The summed E-state index contributed by atoms with van der Waals surface area (Å²) in [5, 5.41) is 3.10. The summed E-state index contributed by atoms with van der Waals surface area (Å²) in [6.45, 7) is 0.802. The number of hydrogen-bond acceptors (Lipinski definition) is 4. The number of nitrogens with one attached hydrogen (secondary N) is 1. The van der Waals surface area contributed by atoms with Gasteiger partial charge in [-0.05, 0) is 36.9 Å². The fourth-order valence-electron chi connectivity index (χ4n) is 1.64. The summed E-state index contributed by atoms with van der Waals surface area (Å²) in [5.74, 6) is 1.85. The molecule has 0 aliphatic heterocycles. The van der Waals surface area contributed by atoms with Gasteiger partial charge < -0.3 is 14.8 Å². The molecular weight excluding hydrogens is 228 g/mol. The lowest BCUT2D eigenvalue weighted by Crippen LogP contribution is -2.04. The number of nitrogens with zero attached hydrogens (tertiary/aromatic N) is 1. The Morgan fingerprint density at radius 3 is 2.89 bits per heavy atom. The summed E-state index contributed by atoms with van der Waals surface area (Å²) in [6, 6.07) is 11.5. The molecule has 0 aliphatic rings. The van der Waals surface area contributed by atoms with E-state index < -0.39 is 0 Å². The fourth-order valence-corrected chi connectivity index (χ4v) is 1.64. The van der Waals surface area contributed by atoms with Gasteiger partial charge in [-0.1, -0.05) is 12.1 Å². The predicted octanol–water partition coefficient (Wildman–Crippen LogP) is 2.60. The van der Waals surface area contributed by atoms with E-state index in [1.165, 1.54) is 0 Å². The highest BCUT2D eigenvalue weighted by molar-refractivity contribution is 5.38. The second-order valence-corrected chi connectivity index (χ2v) is 3.79. The molecule has 0 unspecified atom stereocenters. The van der Waals surface area contributed by atoms with Gasteiger partial charge in [0.25, 0.3) is 5.88 Å². The molecule has 0 fully saturated rings. The van der Waals surface area contributed by atoms with Crippen LogP contribution in [0.3, 0.4) is 0 Å². The van der Waals surface area contributed by atoms with Crippen LogP contribution in [-0.4, -0.2) is 19.1 Å². The van der Waals surface area contributed by atoms with Crippen molar-refractivity contribution in [3.05, 3.63) is 48.2 Å². The highest BCUT2D eigenvalue weighted by Gasteiger charge is 2.06. The number of rotatable bonds is 5. The maximum absolute atomic E-state index is 5.72. The van der Waals surface area contributed by atoms with Crippen LogP contribution < -0.4 is 14.8 Å². The van der Waals surface area contributed by atoms with Crippen LogP contribution in [0, 0.1) is 0 Å². The zero-order valence-electron chi connectivity index (χ0n) is 10.5. The molecule has 0 atom stereocenters. The summed E-state index contributed by atoms with van der Waals surface area (Å²) in [6.07, 6.45) is 1.68. The average Bonchev–Trinajstić information content (AvgIpc) is 2.40. The molecule has 0 amide bonds. The van der Waals surface area contributed by atoms with E-state index in [9.17, 15) is 0 Å². The molecule has 0 radical (unpaired) electrons. The minimum absolute atomic E-state index is 0.474. The Balaban J connectivity index is 2.20. The van der Waals surface area contributed by atoms with E-state index in [2.05, 4.69) is 10.3 Å². The normalized spacial score (nSPS) is 10.1. The first kappa shape index (κ1) is 12.4. The van der Waals surface area contributed by atoms with E-state index in [4.69, 9.17) is 9.47 Å². The second kappa shape index (κ2) is 6.02. The van der Waals surface area contributed by atoms with Gasteiger partial charge in [-0.15, -0.1) is 0 Å². The van der Waals surface area contributed by atoms with Crippen molar-refractivity contribution in [3.63, 3.8) is 0 Å². The Kier molecular flexibility index (Phi) is 4.15. The van der Waals surface area contributed by atoms with Crippen LogP contribution in [0.25, 0.3) is 0 Å². The van der Waals surface area contributed by atoms with E-state index in [1.807, 2.05) is 43.4 Å². The molecule has 1 aromatic heterocycles. The van der Waals surface area contributed by atoms with Gasteiger partial charge in [0.15, 0.2) is 5.75 Å².